The van der Waals surface area contributed by atoms with Gasteiger partial charge in [-0.3, -0.25) is 0 Å². The summed E-state index contributed by atoms with van der Waals surface area (Å²) in [5.74, 6) is -0.00884. The monoisotopic (exact) mass is 352 g/mol. The summed E-state index contributed by atoms with van der Waals surface area (Å²) in [5.41, 5.74) is 1.23. The summed E-state index contributed by atoms with van der Waals surface area (Å²) in [6.45, 7) is 2.11. The van der Waals surface area contributed by atoms with E-state index in [2.05, 4.69) is 54.7 Å². The van der Waals surface area contributed by atoms with E-state index in [4.69, 9.17) is 5.41 Å². The van der Waals surface area contributed by atoms with E-state index in [1.54, 1.807) is 0 Å². The van der Waals surface area contributed by atoms with Crippen LogP contribution >= 0.6 is 0 Å². The van der Waals surface area contributed by atoms with Crippen molar-refractivity contribution in [3.63, 3.8) is 0 Å². The van der Waals surface area contributed by atoms with Crippen molar-refractivity contribution < 1.29 is 5.11 Å². The zero-order valence-electron chi connectivity index (χ0n) is 16.1. The van der Waals surface area contributed by atoms with E-state index in [1.165, 1.54) is 22.8 Å². The fraction of sp³-hybridized carbons (Fsp3) is 0.522. The molecule has 140 valence electrons. The van der Waals surface area contributed by atoms with Gasteiger partial charge < -0.3 is 15.8 Å². The molecule has 2 atom stereocenters. The lowest BCUT2D eigenvalue weighted by Gasteiger charge is -2.40. The number of hydrogen-bond donors (Lipinski definition) is 3. The number of benzene rings is 2. The molecule has 26 heavy (non-hydrogen) atoms. The topological polar surface area (TPSA) is 56.1 Å². The standard InChI is InChI=1S/C23H32N2O/c1-17(25-2)15-19(24)16-22(23(26)13-6-3-7-14-23)21-12-8-10-18-9-4-5-11-20(18)21/h4-5,8-12,17,22,24-26H,3,6-7,13-16H2,1-2H3/t17-,22?/m0/s1. The number of nitrogens with one attached hydrogen (secondary N) is 2. The van der Waals surface area contributed by atoms with Crippen molar-refractivity contribution in [1.82, 2.24) is 5.32 Å². The Kier molecular flexibility index (Phi) is 6.10. The van der Waals surface area contributed by atoms with Gasteiger partial charge in [0, 0.05) is 24.1 Å². The molecule has 0 spiro atoms. The van der Waals surface area contributed by atoms with Gasteiger partial charge in [-0.2, -0.15) is 0 Å². The summed E-state index contributed by atoms with van der Waals surface area (Å²) >= 11 is 0. The molecule has 0 saturated heterocycles. The minimum Gasteiger partial charge on any atom is -0.389 e. The van der Waals surface area contributed by atoms with Crippen LogP contribution in [0.5, 0.6) is 0 Å². The lowest BCUT2D eigenvalue weighted by Crippen LogP contribution is -2.40. The molecular formula is C23H32N2O. The van der Waals surface area contributed by atoms with Crippen LogP contribution in [-0.4, -0.2) is 29.5 Å². The van der Waals surface area contributed by atoms with Gasteiger partial charge in [0.05, 0.1) is 5.60 Å². The highest BCUT2D eigenvalue weighted by Crippen LogP contribution is 2.44. The first kappa shape index (κ1) is 19.1. The van der Waals surface area contributed by atoms with Gasteiger partial charge in [0.25, 0.3) is 0 Å². The second-order valence-electron chi connectivity index (χ2n) is 7.99. The minimum absolute atomic E-state index is 0.00884. The van der Waals surface area contributed by atoms with Gasteiger partial charge in [0.1, 0.15) is 0 Å². The predicted octanol–water partition coefficient (Wildman–Crippen LogP) is 5.03. The third-order valence-corrected chi connectivity index (χ3v) is 6.06. The van der Waals surface area contributed by atoms with Crippen LogP contribution < -0.4 is 5.32 Å². The predicted molar refractivity (Wildman–Crippen MR) is 110 cm³/mol. The van der Waals surface area contributed by atoms with Crippen LogP contribution in [0.2, 0.25) is 0 Å². The fourth-order valence-corrected chi connectivity index (χ4v) is 4.46. The normalized spacial score (nSPS) is 19.2. The van der Waals surface area contributed by atoms with Gasteiger partial charge in [-0.05, 0) is 49.6 Å². The van der Waals surface area contributed by atoms with Gasteiger partial charge in [-0.1, -0.05) is 61.7 Å². The van der Waals surface area contributed by atoms with Gasteiger partial charge >= 0.3 is 0 Å². The highest BCUT2D eigenvalue weighted by atomic mass is 16.3. The average molecular weight is 353 g/mol. The molecule has 1 saturated carbocycles. The highest BCUT2D eigenvalue weighted by molar-refractivity contribution is 5.88. The number of aliphatic hydroxyl groups is 1. The Hall–Kier alpha value is -1.71. The lowest BCUT2D eigenvalue weighted by atomic mass is 9.70. The quantitative estimate of drug-likeness (QED) is 0.612. The SMILES string of the molecule is CN[C@@H](C)CC(=N)CC(c1cccc2ccccc12)C1(O)CCCCC1. The zero-order chi connectivity index (χ0) is 18.6. The van der Waals surface area contributed by atoms with Crippen molar-refractivity contribution in [3.8, 4) is 0 Å². The lowest BCUT2D eigenvalue weighted by molar-refractivity contribution is -0.0198. The summed E-state index contributed by atoms with van der Waals surface area (Å²) in [7, 11) is 1.94. The Labute approximate surface area is 157 Å². The largest absolute Gasteiger partial charge is 0.389 e. The summed E-state index contributed by atoms with van der Waals surface area (Å²) in [5, 5.41) is 25.8. The Morgan fingerprint density at radius 3 is 2.50 bits per heavy atom. The van der Waals surface area contributed by atoms with E-state index in [-0.39, 0.29) is 12.0 Å². The summed E-state index contributed by atoms with van der Waals surface area (Å²) in [4.78, 5) is 0. The molecule has 3 nitrogen and oxygen atoms in total. The maximum atomic E-state index is 11.6. The van der Waals surface area contributed by atoms with Crippen molar-refractivity contribution >= 4 is 16.5 Å². The molecule has 1 aliphatic rings. The van der Waals surface area contributed by atoms with Crippen LogP contribution in [0.3, 0.4) is 0 Å². The molecular weight excluding hydrogens is 320 g/mol. The first-order valence-electron chi connectivity index (χ1n) is 9.97. The van der Waals surface area contributed by atoms with Crippen LogP contribution in [0.15, 0.2) is 42.5 Å². The van der Waals surface area contributed by atoms with E-state index in [0.717, 1.165) is 37.8 Å². The van der Waals surface area contributed by atoms with E-state index in [0.29, 0.717) is 6.42 Å². The third kappa shape index (κ3) is 4.16. The van der Waals surface area contributed by atoms with Crippen molar-refractivity contribution in [2.75, 3.05) is 7.05 Å². The molecule has 0 bridgehead atoms. The Morgan fingerprint density at radius 2 is 1.77 bits per heavy atom. The summed E-state index contributed by atoms with van der Waals surface area (Å²) in [6, 6.07) is 15.1. The molecule has 1 fully saturated rings. The molecule has 0 aromatic heterocycles. The van der Waals surface area contributed by atoms with Crippen LogP contribution in [0.25, 0.3) is 10.8 Å². The maximum absolute atomic E-state index is 11.6. The Morgan fingerprint density at radius 1 is 1.08 bits per heavy atom. The molecule has 3 rings (SSSR count). The molecule has 0 aliphatic heterocycles. The van der Waals surface area contributed by atoms with Gasteiger partial charge in [0.2, 0.25) is 0 Å². The van der Waals surface area contributed by atoms with E-state index in [9.17, 15) is 5.11 Å². The Bertz CT molecular complexity index is 743. The van der Waals surface area contributed by atoms with Gasteiger partial charge in [-0.15, -0.1) is 0 Å². The van der Waals surface area contributed by atoms with E-state index < -0.39 is 5.60 Å². The zero-order valence-corrected chi connectivity index (χ0v) is 16.1. The van der Waals surface area contributed by atoms with Crippen LogP contribution in [0.1, 0.15) is 63.4 Å². The number of fused-ring (bicyclic) bond motifs is 1. The molecule has 0 heterocycles. The summed E-state index contributed by atoms with van der Waals surface area (Å²) in [6.07, 6.45) is 6.42. The second-order valence-corrected chi connectivity index (χ2v) is 7.99. The molecule has 3 N–H and O–H groups in total. The first-order valence-corrected chi connectivity index (χ1v) is 9.97. The van der Waals surface area contributed by atoms with E-state index >= 15 is 0 Å². The molecule has 1 unspecified atom stereocenters. The Balaban J connectivity index is 1.98. The van der Waals surface area contributed by atoms with Crippen molar-refractivity contribution in [3.05, 3.63) is 48.0 Å². The average Bonchev–Trinajstić information content (AvgIpc) is 2.66. The van der Waals surface area contributed by atoms with E-state index in [1.807, 2.05) is 7.05 Å². The molecule has 2 aromatic carbocycles. The summed E-state index contributed by atoms with van der Waals surface area (Å²) < 4.78 is 0. The molecule has 1 aliphatic carbocycles. The smallest absolute Gasteiger partial charge is 0.0719 e. The minimum atomic E-state index is -0.697. The van der Waals surface area contributed by atoms with Crippen molar-refractivity contribution in [1.29, 1.82) is 5.41 Å². The fourth-order valence-electron chi connectivity index (χ4n) is 4.46. The van der Waals surface area contributed by atoms with Crippen LogP contribution in [0, 0.1) is 5.41 Å². The van der Waals surface area contributed by atoms with Crippen molar-refractivity contribution in [2.24, 2.45) is 0 Å². The molecule has 3 heteroatoms. The first-order chi connectivity index (χ1) is 12.5. The van der Waals surface area contributed by atoms with Crippen LogP contribution in [-0.2, 0) is 0 Å². The maximum Gasteiger partial charge on any atom is 0.0719 e. The number of hydrogen-bond acceptors (Lipinski definition) is 3. The highest BCUT2D eigenvalue weighted by Gasteiger charge is 2.39. The van der Waals surface area contributed by atoms with Gasteiger partial charge in [-0.25, -0.2) is 0 Å². The van der Waals surface area contributed by atoms with Crippen molar-refractivity contribution in [2.45, 2.75) is 69.4 Å². The number of rotatable bonds is 7. The molecule has 0 radical (unpaired) electrons. The third-order valence-electron chi connectivity index (χ3n) is 6.06. The molecule has 0 amide bonds. The van der Waals surface area contributed by atoms with Gasteiger partial charge in [0.15, 0.2) is 0 Å². The van der Waals surface area contributed by atoms with Crippen LogP contribution in [0.4, 0.5) is 0 Å². The second kappa shape index (κ2) is 8.32. The molecule has 2 aromatic rings.